The molecule has 0 saturated heterocycles. The summed E-state index contributed by atoms with van der Waals surface area (Å²) >= 11 is 0. The fourth-order valence-corrected chi connectivity index (χ4v) is 0.760. The molecular formula is C7H15NS. The van der Waals surface area contributed by atoms with Gasteiger partial charge in [0.05, 0.1) is 6.07 Å². The maximum absolute atomic E-state index is 8.33. The van der Waals surface area contributed by atoms with E-state index in [-0.39, 0.29) is 19.4 Å². The van der Waals surface area contributed by atoms with Crippen LogP contribution in [0.4, 0.5) is 0 Å². The highest BCUT2D eigenvalue weighted by molar-refractivity contribution is 7.59. The molecule has 0 rings (SSSR count). The highest BCUT2D eigenvalue weighted by Gasteiger charge is 2.00. The van der Waals surface area contributed by atoms with Crippen LogP contribution in [0.2, 0.25) is 0 Å². The van der Waals surface area contributed by atoms with Crippen LogP contribution < -0.4 is 0 Å². The van der Waals surface area contributed by atoms with Gasteiger partial charge in [0.15, 0.2) is 0 Å². The molecule has 0 spiro atoms. The van der Waals surface area contributed by atoms with Crippen LogP contribution >= 0.6 is 13.5 Å². The van der Waals surface area contributed by atoms with Crippen molar-refractivity contribution in [3.05, 3.63) is 0 Å². The lowest BCUT2D eigenvalue weighted by atomic mass is 10.0. The van der Waals surface area contributed by atoms with E-state index in [0.717, 1.165) is 6.42 Å². The third-order valence-electron chi connectivity index (χ3n) is 1.05. The van der Waals surface area contributed by atoms with E-state index < -0.39 is 0 Å². The summed E-state index contributed by atoms with van der Waals surface area (Å²) in [6.07, 6.45) is 1.02. The van der Waals surface area contributed by atoms with Gasteiger partial charge in [-0.1, -0.05) is 13.8 Å². The zero-order valence-electron chi connectivity index (χ0n) is 6.31. The SMILES string of the molecule is CC(C)CC(C)C#N.S. The Morgan fingerprint density at radius 2 is 1.78 bits per heavy atom. The van der Waals surface area contributed by atoms with E-state index in [1.807, 2.05) is 6.92 Å². The Morgan fingerprint density at radius 3 is 1.89 bits per heavy atom. The average molecular weight is 145 g/mol. The van der Waals surface area contributed by atoms with Crippen molar-refractivity contribution in [2.24, 2.45) is 11.8 Å². The monoisotopic (exact) mass is 145 g/mol. The average Bonchev–Trinajstić information content (AvgIpc) is 1.65. The third kappa shape index (κ3) is 7.84. The molecule has 0 fully saturated rings. The van der Waals surface area contributed by atoms with Crippen molar-refractivity contribution >= 4 is 13.5 Å². The molecule has 1 nitrogen and oxygen atoms in total. The number of hydrogen-bond donors (Lipinski definition) is 0. The lowest BCUT2D eigenvalue weighted by Gasteiger charge is -2.03. The molecule has 1 atom stereocenters. The number of hydrogen-bond acceptors (Lipinski definition) is 1. The van der Waals surface area contributed by atoms with Crippen LogP contribution in [-0.2, 0) is 0 Å². The summed E-state index contributed by atoms with van der Waals surface area (Å²) < 4.78 is 0. The topological polar surface area (TPSA) is 23.8 Å². The van der Waals surface area contributed by atoms with Gasteiger partial charge >= 0.3 is 0 Å². The fourth-order valence-electron chi connectivity index (χ4n) is 0.760. The van der Waals surface area contributed by atoms with Crippen LogP contribution in [-0.4, -0.2) is 0 Å². The minimum absolute atomic E-state index is 0. The lowest BCUT2D eigenvalue weighted by molar-refractivity contribution is 0.510. The lowest BCUT2D eigenvalue weighted by Crippen LogP contribution is -1.95. The molecule has 0 aliphatic carbocycles. The Morgan fingerprint density at radius 1 is 1.33 bits per heavy atom. The molecule has 54 valence electrons. The normalized spacial score (nSPS) is 11.9. The molecule has 0 aromatic carbocycles. The van der Waals surface area contributed by atoms with Crippen molar-refractivity contribution < 1.29 is 0 Å². The maximum Gasteiger partial charge on any atom is 0.0652 e. The van der Waals surface area contributed by atoms with Gasteiger partial charge in [0.1, 0.15) is 0 Å². The van der Waals surface area contributed by atoms with Crippen molar-refractivity contribution in [3.63, 3.8) is 0 Å². The van der Waals surface area contributed by atoms with Gasteiger partial charge in [0, 0.05) is 5.92 Å². The molecule has 0 radical (unpaired) electrons. The summed E-state index contributed by atoms with van der Waals surface area (Å²) in [5.41, 5.74) is 0. The van der Waals surface area contributed by atoms with Gasteiger partial charge in [-0.15, -0.1) is 0 Å². The Bertz CT molecular complexity index is 93.6. The van der Waals surface area contributed by atoms with Crippen molar-refractivity contribution in [3.8, 4) is 6.07 Å². The maximum atomic E-state index is 8.33. The molecule has 0 saturated carbocycles. The van der Waals surface area contributed by atoms with Gasteiger partial charge < -0.3 is 0 Å². The Labute approximate surface area is 64.5 Å². The summed E-state index contributed by atoms with van der Waals surface area (Å²) in [6, 6.07) is 2.20. The molecule has 0 aromatic rings. The molecule has 9 heavy (non-hydrogen) atoms. The van der Waals surface area contributed by atoms with E-state index in [4.69, 9.17) is 5.26 Å². The fraction of sp³-hybridized carbons (Fsp3) is 0.857. The first-order chi connectivity index (χ1) is 3.66. The Kier molecular flexibility index (Phi) is 7.70. The van der Waals surface area contributed by atoms with Gasteiger partial charge in [-0.2, -0.15) is 18.8 Å². The molecule has 0 bridgehead atoms. The molecule has 2 heteroatoms. The predicted molar refractivity (Wildman–Crippen MR) is 44.6 cm³/mol. The standard InChI is InChI=1S/C7H13N.H2S/c1-6(2)4-7(3)5-8;/h6-7H,4H2,1-3H3;1H2. The van der Waals surface area contributed by atoms with Crippen LogP contribution in [0.1, 0.15) is 27.2 Å². The molecular weight excluding hydrogens is 130 g/mol. The first-order valence-corrected chi connectivity index (χ1v) is 3.06. The molecule has 1 unspecified atom stereocenters. The Hall–Kier alpha value is -0.160. The van der Waals surface area contributed by atoms with Crippen molar-refractivity contribution in [1.82, 2.24) is 0 Å². The Balaban J connectivity index is 0. The summed E-state index contributed by atoms with van der Waals surface area (Å²) in [4.78, 5) is 0. The van der Waals surface area contributed by atoms with E-state index in [0.29, 0.717) is 5.92 Å². The third-order valence-corrected chi connectivity index (χ3v) is 1.05. The predicted octanol–water partition coefficient (Wildman–Crippen LogP) is 2.30. The summed E-state index contributed by atoms with van der Waals surface area (Å²) in [5.74, 6) is 0.889. The van der Waals surface area contributed by atoms with E-state index in [9.17, 15) is 0 Å². The first kappa shape index (κ1) is 11.6. The summed E-state index contributed by atoms with van der Waals surface area (Å²) in [5, 5.41) is 8.33. The molecule has 0 aromatic heterocycles. The van der Waals surface area contributed by atoms with Crippen molar-refractivity contribution in [2.75, 3.05) is 0 Å². The van der Waals surface area contributed by atoms with Crippen LogP contribution in [0.3, 0.4) is 0 Å². The summed E-state index contributed by atoms with van der Waals surface area (Å²) in [6.45, 7) is 6.22. The minimum Gasteiger partial charge on any atom is -0.198 e. The van der Waals surface area contributed by atoms with E-state index in [2.05, 4.69) is 19.9 Å². The molecule has 0 N–H and O–H groups in total. The molecule has 0 aliphatic rings. The number of nitrogens with zero attached hydrogens (tertiary/aromatic N) is 1. The van der Waals surface area contributed by atoms with Crippen LogP contribution in [0.15, 0.2) is 0 Å². The first-order valence-electron chi connectivity index (χ1n) is 3.06. The van der Waals surface area contributed by atoms with Gasteiger partial charge in [0.25, 0.3) is 0 Å². The van der Waals surface area contributed by atoms with Crippen LogP contribution in [0.25, 0.3) is 0 Å². The van der Waals surface area contributed by atoms with Gasteiger partial charge in [-0.05, 0) is 19.3 Å². The second kappa shape index (κ2) is 5.97. The molecule has 0 amide bonds. The van der Waals surface area contributed by atoms with E-state index >= 15 is 0 Å². The zero-order valence-corrected chi connectivity index (χ0v) is 7.31. The van der Waals surface area contributed by atoms with E-state index in [1.54, 1.807) is 0 Å². The molecule has 0 heterocycles. The highest BCUT2D eigenvalue weighted by Crippen LogP contribution is 2.08. The van der Waals surface area contributed by atoms with Crippen molar-refractivity contribution in [2.45, 2.75) is 27.2 Å². The molecule has 0 aliphatic heterocycles. The highest BCUT2D eigenvalue weighted by atomic mass is 32.1. The summed E-state index contributed by atoms with van der Waals surface area (Å²) in [7, 11) is 0. The largest absolute Gasteiger partial charge is 0.198 e. The number of rotatable bonds is 2. The number of nitriles is 1. The van der Waals surface area contributed by atoms with Gasteiger partial charge in [-0.25, -0.2) is 0 Å². The van der Waals surface area contributed by atoms with E-state index in [1.165, 1.54) is 0 Å². The minimum atomic E-state index is 0. The second-order valence-electron chi connectivity index (χ2n) is 2.66. The van der Waals surface area contributed by atoms with Crippen LogP contribution in [0, 0.1) is 23.2 Å². The second-order valence-corrected chi connectivity index (χ2v) is 2.66. The van der Waals surface area contributed by atoms with Crippen molar-refractivity contribution in [1.29, 1.82) is 5.26 Å². The van der Waals surface area contributed by atoms with Gasteiger partial charge in [-0.3, -0.25) is 0 Å². The smallest absolute Gasteiger partial charge is 0.0652 e. The van der Waals surface area contributed by atoms with Crippen LogP contribution in [0.5, 0.6) is 0 Å². The van der Waals surface area contributed by atoms with Gasteiger partial charge in [0.2, 0.25) is 0 Å². The zero-order chi connectivity index (χ0) is 6.57. The quantitative estimate of drug-likeness (QED) is 0.585.